The van der Waals surface area contributed by atoms with Crippen molar-refractivity contribution in [3.8, 4) is 0 Å². The van der Waals surface area contributed by atoms with E-state index < -0.39 is 0 Å². The van der Waals surface area contributed by atoms with Crippen LogP contribution in [0, 0.1) is 0 Å². The van der Waals surface area contributed by atoms with Crippen LogP contribution in [0.25, 0.3) is 10.9 Å². The molecule has 2 aliphatic heterocycles. The van der Waals surface area contributed by atoms with Gasteiger partial charge in [-0.3, -0.25) is 9.59 Å². The van der Waals surface area contributed by atoms with Gasteiger partial charge in [-0.15, -0.1) is 0 Å². The molecule has 52 valence electrons. The van der Waals surface area contributed by atoms with Gasteiger partial charge in [0.15, 0.2) is 0 Å². The summed E-state index contributed by atoms with van der Waals surface area (Å²) < 4.78 is 1.21. The predicted molar refractivity (Wildman–Crippen MR) is 39.1 cm³/mol. The summed E-state index contributed by atoms with van der Waals surface area (Å²) in [6.45, 7) is 0. The van der Waals surface area contributed by atoms with Gasteiger partial charge in [0.1, 0.15) is 0 Å². The summed E-state index contributed by atoms with van der Waals surface area (Å²) in [7, 11) is 0. The minimum atomic E-state index is -0.162. The van der Waals surface area contributed by atoms with Crippen LogP contribution >= 0.6 is 0 Å². The fourth-order valence-corrected chi connectivity index (χ4v) is 1.60. The van der Waals surface area contributed by atoms with E-state index in [1.54, 1.807) is 18.2 Å². The number of nitrogens with zero attached hydrogens (tertiary/aromatic N) is 1. The van der Waals surface area contributed by atoms with E-state index >= 15 is 0 Å². The molecule has 3 nitrogen and oxygen atoms in total. The van der Waals surface area contributed by atoms with Gasteiger partial charge in [-0.05, 0) is 18.2 Å². The third-order valence-corrected chi connectivity index (χ3v) is 2.13. The zero-order valence-electron chi connectivity index (χ0n) is 5.50. The Labute approximate surface area is 61.2 Å². The lowest BCUT2D eigenvalue weighted by Gasteiger charge is -1.92. The Kier molecular flexibility index (Phi) is 0.557. The molecule has 0 saturated heterocycles. The largest absolute Gasteiger partial charge is 0.268 e. The number of benzene rings is 1. The molecule has 0 fully saturated rings. The number of pyridine rings is 2. The van der Waals surface area contributed by atoms with Crippen molar-refractivity contribution in [3.05, 3.63) is 34.1 Å². The SMILES string of the molecule is O=C1c2cc3ccc2c(=O)n31. The molecule has 0 atom stereocenters. The molecule has 0 aliphatic carbocycles. The Morgan fingerprint density at radius 3 is 2.45 bits per heavy atom. The van der Waals surface area contributed by atoms with Gasteiger partial charge < -0.3 is 0 Å². The molecule has 0 saturated carbocycles. The van der Waals surface area contributed by atoms with Crippen molar-refractivity contribution >= 4 is 16.8 Å². The molecule has 0 N–H and O–H groups in total. The fourth-order valence-electron chi connectivity index (χ4n) is 1.60. The Morgan fingerprint density at radius 1 is 1.18 bits per heavy atom. The van der Waals surface area contributed by atoms with E-state index in [-0.39, 0.29) is 11.5 Å². The van der Waals surface area contributed by atoms with E-state index in [1.807, 2.05) is 0 Å². The zero-order valence-corrected chi connectivity index (χ0v) is 5.50. The first-order chi connectivity index (χ1) is 5.29. The average Bonchev–Trinajstić information content (AvgIpc) is 2.38. The molecule has 0 spiro atoms. The fraction of sp³-hybridized carbons (Fsp3) is 0. The standard InChI is InChI=1S/C8H3NO2/c10-7-5-2-1-4-3-6(5)8(11)9(4)7/h1-3H. The predicted octanol–water partition coefficient (Wildman–Crippen LogP) is 0.441. The molecule has 4 bridgehead atoms. The van der Waals surface area contributed by atoms with E-state index in [9.17, 15) is 9.59 Å². The van der Waals surface area contributed by atoms with E-state index in [4.69, 9.17) is 0 Å². The van der Waals surface area contributed by atoms with Crippen LogP contribution in [0.2, 0.25) is 0 Å². The molecule has 0 unspecified atom stereocenters. The summed E-state index contributed by atoms with van der Waals surface area (Å²) in [5.41, 5.74) is 1.11. The van der Waals surface area contributed by atoms with E-state index in [0.717, 1.165) is 0 Å². The quantitative estimate of drug-likeness (QED) is 0.460. The van der Waals surface area contributed by atoms with Gasteiger partial charge in [0.2, 0.25) is 0 Å². The molecule has 3 heteroatoms. The summed E-state index contributed by atoms with van der Waals surface area (Å²) in [6.07, 6.45) is 0. The van der Waals surface area contributed by atoms with Gasteiger partial charge in [0.25, 0.3) is 11.5 Å². The number of hydrogen-bond donors (Lipinski definition) is 0. The number of carbonyl (C=O) groups excluding carboxylic acids is 1. The first-order valence-corrected chi connectivity index (χ1v) is 3.32. The lowest BCUT2D eigenvalue weighted by Crippen LogP contribution is -2.16. The summed E-state index contributed by atoms with van der Waals surface area (Å²) >= 11 is 0. The van der Waals surface area contributed by atoms with Crippen LogP contribution < -0.4 is 5.56 Å². The molecular weight excluding hydrogens is 142 g/mol. The minimum absolute atomic E-state index is 0.162. The number of fused-ring (bicyclic) bond motifs is 1. The van der Waals surface area contributed by atoms with Gasteiger partial charge in [-0.25, -0.2) is 4.57 Å². The molecule has 1 aromatic carbocycles. The number of aromatic nitrogens is 1. The molecular formula is C8H3NO2. The average molecular weight is 145 g/mol. The van der Waals surface area contributed by atoms with Crippen molar-refractivity contribution in [3.63, 3.8) is 0 Å². The highest BCUT2D eigenvalue weighted by Gasteiger charge is 2.27. The topological polar surface area (TPSA) is 39.1 Å². The van der Waals surface area contributed by atoms with Crippen LogP contribution in [0.15, 0.2) is 23.0 Å². The van der Waals surface area contributed by atoms with Crippen molar-refractivity contribution in [1.29, 1.82) is 0 Å². The van der Waals surface area contributed by atoms with Crippen LogP contribution in [0.3, 0.4) is 0 Å². The maximum absolute atomic E-state index is 11.2. The van der Waals surface area contributed by atoms with Crippen molar-refractivity contribution in [1.82, 2.24) is 4.57 Å². The summed E-state index contributed by atoms with van der Waals surface area (Å²) in [5.74, 6) is -0.162. The normalized spacial score (nSPS) is 14.0. The van der Waals surface area contributed by atoms with Gasteiger partial charge in [-0.2, -0.15) is 0 Å². The lowest BCUT2D eigenvalue weighted by molar-refractivity contribution is 0.0974. The molecule has 2 aliphatic rings. The van der Waals surface area contributed by atoms with Gasteiger partial charge in [0.05, 0.1) is 16.5 Å². The molecule has 2 aromatic rings. The Balaban J connectivity index is 2.88. The van der Waals surface area contributed by atoms with Crippen molar-refractivity contribution in [2.45, 2.75) is 0 Å². The third-order valence-electron chi connectivity index (χ3n) is 2.13. The zero-order chi connectivity index (χ0) is 7.59. The highest BCUT2D eigenvalue weighted by Crippen LogP contribution is 2.22. The van der Waals surface area contributed by atoms with Crippen LogP contribution in [0.1, 0.15) is 10.4 Å². The van der Waals surface area contributed by atoms with Crippen LogP contribution in [0.4, 0.5) is 0 Å². The first kappa shape index (κ1) is 5.07. The van der Waals surface area contributed by atoms with Crippen molar-refractivity contribution in [2.24, 2.45) is 0 Å². The highest BCUT2D eigenvalue weighted by atomic mass is 16.2. The Bertz CT molecular complexity index is 524. The summed E-state index contributed by atoms with van der Waals surface area (Å²) in [5, 5.41) is 0.546. The van der Waals surface area contributed by atoms with Crippen LogP contribution in [-0.2, 0) is 0 Å². The van der Waals surface area contributed by atoms with E-state index in [2.05, 4.69) is 0 Å². The maximum atomic E-state index is 11.2. The maximum Gasteiger partial charge on any atom is 0.266 e. The lowest BCUT2D eigenvalue weighted by atomic mass is 10.2. The van der Waals surface area contributed by atoms with Gasteiger partial charge in [0, 0.05) is 0 Å². The third kappa shape index (κ3) is 0.344. The molecule has 11 heavy (non-hydrogen) atoms. The number of carbonyl (C=O) groups is 1. The Hall–Kier alpha value is -1.64. The second-order valence-electron chi connectivity index (χ2n) is 2.68. The summed E-state index contributed by atoms with van der Waals surface area (Å²) in [6, 6.07) is 5.23. The minimum Gasteiger partial charge on any atom is -0.268 e. The molecule has 0 radical (unpaired) electrons. The molecule has 0 amide bonds. The van der Waals surface area contributed by atoms with Crippen LogP contribution in [-0.4, -0.2) is 10.5 Å². The van der Waals surface area contributed by atoms with Crippen LogP contribution in [0.5, 0.6) is 0 Å². The molecule has 4 rings (SSSR count). The molecule has 3 heterocycles. The van der Waals surface area contributed by atoms with E-state index in [1.165, 1.54) is 4.57 Å². The van der Waals surface area contributed by atoms with Crippen molar-refractivity contribution < 1.29 is 4.79 Å². The number of hydrogen-bond acceptors (Lipinski definition) is 2. The molecule has 1 aromatic heterocycles. The number of rotatable bonds is 0. The smallest absolute Gasteiger partial charge is 0.266 e. The first-order valence-electron chi connectivity index (χ1n) is 3.32. The van der Waals surface area contributed by atoms with Gasteiger partial charge >= 0.3 is 0 Å². The summed E-state index contributed by atoms with van der Waals surface area (Å²) in [4.78, 5) is 22.4. The second-order valence-corrected chi connectivity index (χ2v) is 2.68. The van der Waals surface area contributed by atoms with E-state index in [0.29, 0.717) is 16.5 Å². The second kappa shape index (κ2) is 1.21. The van der Waals surface area contributed by atoms with Crippen molar-refractivity contribution in [2.75, 3.05) is 0 Å². The Morgan fingerprint density at radius 2 is 2.00 bits per heavy atom. The monoisotopic (exact) mass is 145 g/mol. The van der Waals surface area contributed by atoms with Gasteiger partial charge in [-0.1, -0.05) is 0 Å². The highest BCUT2D eigenvalue weighted by molar-refractivity contribution is 6.13.